The van der Waals surface area contributed by atoms with Crippen LogP contribution in [0.3, 0.4) is 0 Å². The van der Waals surface area contributed by atoms with E-state index in [1.54, 1.807) is 19.4 Å². The Kier molecular flexibility index (Phi) is 9.74. The molecule has 1 aliphatic rings. The molecule has 0 saturated carbocycles. The van der Waals surface area contributed by atoms with Crippen LogP contribution in [0.2, 0.25) is 0 Å². The molecule has 4 nitrogen and oxygen atoms in total. The molecule has 176 valence electrons. The number of carbonyl (C=O) groups is 1. The summed E-state index contributed by atoms with van der Waals surface area (Å²) in [6.45, 7) is 4.31. The standard InChI is InChI=1S/C29H38N2O2/c1-4-5-6-12-27-24(13-14-25-20-26(33-3)16-17-28(25)27)15-18-29(32)31-22(2)9-7-10-23-11-8-19-30-21-23/h8,11,15-22H,4-7,9-10,12-14H2,1-3H3,(H,31,32)/b18-15+/t22-/m1/s1. The van der Waals surface area contributed by atoms with Gasteiger partial charge in [-0.15, -0.1) is 0 Å². The van der Waals surface area contributed by atoms with E-state index in [0.717, 1.165) is 44.3 Å². The van der Waals surface area contributed by atoms with Crippen molar-refractivity contribution in [1.29, 1.82) is 0 Å². The highest BCUT2D eigenvalue weighted by molar-refractivity contribution is 5.89. The van der Waals surface area contributed by atoms with Gasteiger partial charge in [0.25, 0.3) is 0 Å². The van der Waals surface area contributed by atoms with Crippen LogP contribution in [0, 0.1) is 0 Å². The summed E-state index contributed by atoms with van der Waals surface area (Å²) in [7, 11) is 1.72. The van der Waals surface area contributed by atoms with Gasteiger partial charge in [0.05, 0.1) is 7.11 Å². The Morgan fingerprint density at radius 1 is 1.18 bits per heavy atom. The van der Waals surface area contributed by atoms with Crippen LogP contribution < -0.4 is 10.1 Å². The molecular formula is C29H38N2O2. The first-order valence-corrected chi connectivity index (χ1v) is 12.4. The minimum atomic E-state index is -0.00943. The van der Waals surface area contributed by atoms with Gasteiger partial charge in [0.2, 0.25) is 5.91 Å². The van der Waals surface area contributed by atoms with Crippen molar-refractivity contribution in [3.63, 3.8) is 0 Å². The van der Waals surface area contributed by atoms with E-state index in [9.17, 15) is 4.79 Å². The van der Waals surface area contributed by atoms with Gasteiger partial charge in [0.15, 0.2) is 0 Å². The number of amides is 1. The van der Waals surface area contributed by atoms with Crippen LogP contribution in [0.15, 0.2) is 60.5 Å². The molecule has 1 amide bonds. The van der Waals surface area contributed by atoms with Gasteiger partial charge < -0.3 is 10.1 Å². The van der Waals surface area contributed by atoms with E-state index >= 15 is 0 Å². The zero-order valence-electron chi connectivity index (χ0n) is 20.4. The minimum Gasteiger partial charge on any atom is -0.497 e. The summed E-state index contributed by atoms with van der Waals surface area (Å²) < 4.78 is 5.42. The van der Waals surface area contributed by atoms with E-state index in [2.05, 4.69) is 42.3 Å². The van der Waals surface area contributed by atoms with Crippen LogP contribution in [0.1, 0.15) is 75.5 Å². The van der Waals surface area contributed by atoms with E-state index in [1.807, 2.05) is 24.4 Å². The molecule has 0 radical (unpaired) electrons. The highest BCUT2D eigenvalue weighted by atomic mass is 16.5. The van der Waals surface area contributed by atoms with Gasteiger partial charge in [-0.05, 0) is 97.9 Å². The zero-order chi connectivity index (χ0) is 23.5. The second-order valence-corrected chi connectivity index (χ2v) is 8.98. The largest absolute Gasteiger partial charge is 0.497 e. The Morgan fingerprint density at radius 3 is 2.82 bits per heavy atom. The predicted octanol–water partition coefficient (Wildman–Crippen LogP) is 6.45. The summed E-state index contributed by atoms with van der Waals surface area (Å²) in [6, 6.07) is 10.6. The van der Waals surface area contributed by atoms with Crippen LogP contribution in [0.5, 0.6) is 5.75 Å². The first-order chi connectivity index (χ1) is 16.1. The normalized spacial score (nSPS) is 14.3. The van der Waals surface area contributed by atoms with E-state index < -0.39 is 0 Å². The van der Waals surface area contributed by atoms with Crippen LogP contribution in [-0.4, -0.2) is 24.0 Å². The first-order valence-electron chi connectivity index (χ1n) is 12.4. The highest BCUT2D eigenvalue weighted by Gasteiger charge is 2.18. The fraction of sp³-hybridized carbons (Fsp3) is 0.448. The number of pyridine rings is 1. The molecule has 0 saturated heterocycles. The molecule has 0 fully saturated rings. The quantitative estimate of drug-likeness (QED) is 0.301. The van der Waals surface area contributed by atoms with Crippen molar-refractivity contribution in [1.82, 2.24) is 10.3 Å². The number of methoxy groups -OCH3 is 1. The van der Waals surface area contributed by atoms with Crippen LogP contribution in [-0.2, 0) is 17.6 Å². The topological polar surface area (TPSA) is 51.2 Å². The molecule has 1 aromatic carbocycles. The number of ether oxygens (including phenoxy) is 1. The van der Waals surface area contributed by atoms with Crippen molar-refractivity contribution in [2.75, 3.05) is 7.11 Å². The number of aryl methyl sites for hydroxylation is 2. The molecule has 1 heterocycles. The fourth-order valence-corrected chi connectivity index (χ4v) is 4.52. The molecule has 3 rings (SSSR count). The second kappa shape index (κ2) is 13.0. The van der Waals surface area contributed by atoms with E-state index in [1.165, 1.54) is 47.1 Å². The van der Waals surface area contributed by atoms with Gasteiger partial charge in [-0.25, -0.2) is 0 Å². The average molecular weight is 447 g/mol. The molecule has 33 heavy (non-hydrogen) atoms. The molecule has 1 aromatic heterocycles. The van der Waals surface area contributed by atoms with Gasteiger partial charge in [-0.2, -0.15) is 0 Å². The average Bonchev–Trinajstić information content (AvgIpc) is 2.83. The first kappa shape index (κ1) is 24.8. The smallest absolute Gasteiger partial charge is 0.244 e. The van der Waals surface area contributed by atoms with Crippen molar-refractivity contribution in [3.05, 3.63) is 77.1 Å². The Balaban J connectivity index is 1.61. The van der Waals surface area contributed by atoms with Crippen LogP contribution >= 0.6 is 0 Å². The highest BCUT2D eigenvalue weighted by Crippen LogP contribution is 2.37. The maximum atomic E-state index is 12.6. The summed E-state index contributed by atoms with van der Waals surface area (Å²) in [5, 5.41) is 3.13. The summed E-state index contributed by atoms with van der Waals surface area (Å²) in [5.41, 5.74) is 6.60. The minimum absolute atomic E-state index is 0.00943. The van der Waals surface area contributed by atoms with E-state index in [-0.39, 0.29) is 11.9 Å². The van der Waals surface area contributed by atoms with Crippen molar-refractivity contribution in [3.8, 4) is 5.75 Å². The molecule has 0 spiro atoms. The van der Waals surface area contributed by atoms with Crippen LogP contribution in [0.25, 0.3) is 5.57 Å². The fourth-order valence-electron chi connectivity index (χ4n) is 4.52. The molecular weight excluding hydrogens is 408 g/mol. The predicted molar refractivity (Wildman–Crippen MR) is 136 cm³/mol. The lowest BCUT2D eigenvalue weighted by atomic mass is 9.83. The van der Waals surface area contributed by atoms with Gasteiger partial charge in [-0.3, -0.25) is 9.78 Å². The second-order valence-electron chi connectivity index (χ2n) is 8.98. The number of benzene rings is 1. The number of hydrogen-bond donors (Lipinski definition) is 1. The SMILES string of the molecule is CCCCCC1=C(/C=C/C(=O)N[C@H](C)CCCc2cccnc2)CCc2cc(OC)ccc21. The summed E-state index contributed by atoms with van der Waals surface area (Å²) in [6.07, 6.45) is 17.1. The molecule has 1 atom stereocenters. The Bertz CT molecular complexity index is 963. The van der Waals surface area contributed by atoms with Crippen molar-refractivity contribution < 1.29 is 9.53 Å². The number of fused-ring (bicyclic) bond motifs is 1. The van der Waals surface area contributed by atoms with E-state index in [0.29, 0.717) is 0 Å². The third kappa shape index (κ3) is 7.59. The summed E-state index contributed by atoms with van der Waals surface area (Å²) >= 11 is 0. The molecule has 1 N–H and O–H groups in total. The van der Waals surface area contributed by atoms with Crippen molar-refractivity contribution in [2.45, 2.75) is 77.7 Å². The molecule has 2 aromatic rings. The van der Waals surface area contributed by atoms with Gasteiger partial charge in [0.1, 0.15) is 5.75 Å². The van der Waals surface area contributed by atoms with Crippen molar-refractivity contribution >= 4 is 11.5 Å². The zero-order valence-corrected chi connectivity index (χ0v) is 20.4. The molecule has 0 unspecified atom stereocenters. The summed E-state index contributed by atoms with van der Waals surface area (Å²) in [5.74, 6) is 0.905. The molecule has 4 heteroatoms. The number of rotatable bonds is 12. The maximum absolute atomic E-state index is 12.6. The number of hydrogen-bond acceptors (Lipinski definition) is 3. The maximum Gasteiger partial charge on any atom is 0.244 e. The number of aromatic nitrogens is 1. The van der Waals surface area contributed by atoms with Gasteiger partial charge >= 0.3 is 0 Å². The Morgan fingerprint density at radius 2 is 2.06 bits per heavy atom. The van der Waals surface area contributed by atoms with Crippen LogP contribution in [0.4, 0.5) is 0 Å². The number of unbranched alkanes of at least 4 members (excludes halogenated alkanes) is 2. The lowest BCUT2D eigenvalue weighted by Crippen LogP contribution is -2.31. The third-order valence-electron chi connectivity index (χ3n) is 6.37. The number of allylic oxidation sites excluding steroid dienone is 3. The lowest BCUT2D eigenvalue weighted by Gasteiger charge is -2.23. The van der Waals surface area contributed by atoms with Crippen molar-refractivity contribution in [2.24, 2.45) is 0 Å². The molecule has 1 aliphatic carbocycles. The van der Waals surface area contributed by atoms with Gasteiger partial charge in [-0.1, -0.05) is 38.0 Å². The number of carbonyl (C=O) groups excluding carboxylic acids is 1. The number of nitrogens with zero attached hydrogens (tertiary/aromatic N) is 1. The Labute approximate surface area is 199 Å². The monoisotopic (exact) mass is 446 g/mol. The lowest BCUT2D eigenvalue weighted by molar-refractivity contribution is -0.117. The Hall–Kier alpha value is -2.88. The number of nitrogens with one attached hydrogen (secondary N) is 1. The molecule has 0 bridgehead atoms. The van der Waals surface area contributed by atoms with Gasteiger partial charge in [0, 0.05) is 24.5 Å². The molecule has 0 aliphatic heterocycles. The van der Waals surface area contributed by atoms with E-state index in [4.69, 9.17) is 4.74 Å². The summed E-state index contributed by atoms with van der Waals surface area (Å²) in [4.78, 5) is 16.7. The third-order valence-corrected chi connectivity index (χ3v) is 6.37.